The van der Waals surface area contributed by atoms with Crippen LogP contribution in [-0.2, 0) is 53.9 Å². The lowest BCUT2D eigenvalue weighted by molar-refractivity contribution is -0.588. The zero-order valence-corrected chi connectivity index (χ0v) is 36.9. The molecule has 2 aromatic carbocycles. The number of carbonyl (C=O) groups excluding carboxylic acids is 4. The van der Waals surface area contributed by atoms with E-state index in [1.54, 1.807) is 57.3 Å². The molecule has 2 aromatic rings. The first-order valence-electron chi connectivity index (χ1n) is 21.1. The van der Waals surface area contributed by atoms with Gasteiger partial charge < -0.3 is 69.9 Å². The molecule has 20 heteroatoms. The highest BCUT2D eigenvalue weighted by atomic mass is 19.5. The first kappa shape index (κ1) is 56.6. The number of ether oxygens (including phenoxy) is 10. The van der Waals surface area contributed by atoms with Crippen LogP contribution in [0, 0.1) is 0 Å². The Labute approximate surface area is 367 Å². The molecule has 15 nitrogen and oxygen atoms in total. The Bertz CT molecular complexity index is 1430. The second-order valence-corrected chi connectivity index (χ2v) is 13.0. The van der Waals surface area contributed by atoms with E-state index >= 15 is 0 Å². The first-order valence-corrected chi connectivity index (χ1v) is 21.1. The molecule has 0 atom stereocenters. The van der Waals surface area contributed by atoms with E-state index in [0.29, 0.717) is 83.9 Å². The van der Waals surface area contributed by atoms with E-state index in [4.69, 9.17) is 47.4 Å². The quantitative estimate of drug-likeness (QED) is 0.0663. The molecule has 0 bridgehead atoms. The van der Waals surface area contributed by atoms with Crippen LogP contribution in [0.3, 0.4) is 0 Å². The van der Waals surface area contributed by atoms with E-state index in [1.807, 2.05) is 0 Å². The predicted molar refractivity (Wildman–Crippen MR) is 225 cm³/mol. The standard InChI is InChI=1S/C25H29NO8.C18H34O6.BF4/c1-5-31-22(27)17-9-16(10-18(11-17)23(28)32-6-2)15-26-21-13-19(24(29)33-7-3)12-20(14-21)25(30)34-8-4;1-2-4-6-8-20-10-12-22-14-16-24-18-17-23-15-13-21-11-9-19-7-5-3-1;2-1(3,4)5/h9-14,26H,5-8,15H2,1-4H3;1-2H,3-18H2;/q;;-1/p+1/b;2-1-;. The second-order valence-electron chi connectivity index (χ2n) is 13.0. The number of hydrogen-bond donors (Lipinski definition) is 1. The summed E-state index contributed by atoms with van der Waals surface area (Å²) >= 11 is 0. The highest BCUT2D eigenvalue weighted by Gasteiger charge is 2.21. The summed E-state index contributed by atoms with van der Waals surface area (Å²) in [6.45, 7) is 15.5. The van der Waals surface area contributed by atoms with Gasteiger partial charge in [0.05, 0.1) is 115 Å². The van der Waals surface area contributed by atoms with Crippen molar-refractivity contribution in [2.24, 2.45) is 0 Å². The Balaban J connectivity index is 0.000000596. The van der Waals surface area contributed by atoms with Crippen molar-refractivity contribution in [2.75, 3.05) is 106 Å². The van der Waals surface area contributed by atoms with Gasteiger partial charge in [-0.1, -0.05) is 12.2 Å². The molecule has 3 rings (SSSR count). The molecule has 356 valence electrons. The van der Waals surface area contributed by atoms with E-state index in [-0.39, 0.29) is 48.7 Å². The van der Waals surface area contributed by atoms with Crippen LogP contribution < -0.4 is 5.32 Å². The van der Waals surface area contributed by atoms with Gasteiger partial charge in [-0.25, -0.2) is 19.2 Å². The van der Waals surface area contributed by atoms with Crippen molar-refractivity contribution in [2.45, 2.75) is 59.9 Å². The molecule has 0 aliphatic carbocycles. The van der Waals surface area contributed by atoms with Crippen molar-refractivity contribution < 1.29 is 89.1 Å². The smallest absolute Gasteiger partial charge is 0.462 e. The van der Waals surface area contributed by atoms with Gasteiger partial charge in [-0.05, 0) is 77.6 Å². The number of allylic oxidation sites excluding steroid dienone is 2. The molecule has 1 aliphatic rings. The zero-order chi connectivity index (χ0) is 46.6. The summed E-state index contributed by atoms with van der Waals surface area (Å²) in [7, 11) is -6.00. The van der Waals surface area contributed by atoms with Gasteiger partial charge in [0.1, 0.15) is 12.2 Å². The normalized spacial score (nSPS) is 15.9. The van der Waals surface area contributed by atoms with Crippen LogP contribution in [0.2, 0.25) is 0 Å². The van der Waals surface area contributed by atoms with Gasteiger partial charge in [-0.2, -0.15) is 0 Å². The fourth-order valence-corrected chi connectivity index (χ4v) is 5.19. The number of carbonyl (C=O) groups is 4. The maximum atomic E-state index is 12.3. The lowest BCUT2D eigenvalue weighted by atomic mass is 10.0. The largest absolute Gasteiger partial charge is 0.673 e. The van der Waals surface area contributed by atoms with Crippen molar-refractivity contribution in [3.05, 3.63) is 76.4 Å². The fourth-order valence-electron chi connectivity index (χ4n) is 5.19. The fraction of sp³-hybridized carbons (Fsp3) is 0.581. The van der Waals surface area contributed by atoms with Crippen molar-refractivity contribution in [3.8, 4) is 0 Å². The van der Waals surface area contributed by atoms with Crippen LogP contribution in [0.5, 0.6) is 0 Å². The average molecular weight is 906 g/mol. The molecule has 0 aromatic heterocycles. The van der Waals surface area contributed by atoms with E-state index in [9.17, 15) is 36.4 Å². The van der Waals surface area contributed by atoms with Gasteiger partial charge in [0, 0.05) is 30.9 Å². The van der Waals surface area contributed by atoms with Crippen molar-refractivity contribution in [3.63, 3.8) is 0 Å². The Hall–Kier alpha value is -4.44. The maximum absolute atomic E-state index is 12.3. The first-order chi connectivity index (χ1) is 30.3. The summed E-state index contributed by atoms with van der Waals surface area (Å²) in [5.41, 5.74) is 2.10. The molecule has 0 saturated heterocycles. The summed E-state index contributed by atoms with van der Waals surface area (Å²) in [6.07, 6.45) is 8.66. The van der Waals surface area contributed by atoms with E-state index < -0.39 is 31.1 Å². The summed E-state index contributed by atoms with van der Waals surface area (Å²) in [5.74, 6) is -2.22. The van der Waals surface area contributed by atoms with Gasteiger partial charge in [0.15, 0.2) is 0 Å². The van der Waals surface area contributed by atoms with Gasteiger partial charge >= 0.3 is 31.1 Å². The minimum Gasteiger partial charge on any atom is -0.462 e. The molecular weight excluding hydrogens is 841 g/mol. The third kappa shape index (κ3) is 30.3. The molecular formula is C43H64BF4NO14. The van der Waals surface area contributed by atoms with Crippen LogP contribution in [0.25, 0.3) is 0 Å². The number of quaternary nitrogens is 1. The Kier molecular flexibility index (Phi) is 32.3. The highest BCUT2D eigenvalue weighted by molar-refractivity contribution is 6.50. The van der Waals surface area contributed by atoms with E-state index in [2.05, 4.69) is 12.2 Å². The van der Waals surface area contributed by atoms with E-state index in [0.717, 1.165) is 38.9 Å². The third-order valence-corrected chi connectivity index (χ3v) is 7.91. The summed E-state index contributed by atoms with van der Waals surface area (Å²) < 4.78 is 92.0. The minimum atomic E-state index is -6.00. The van der Waals surface area contributed by atoms with Crippen molar-refractivity contribution in [1.29, 1.82) is 0 Å². The Morgan fingerprint density at radius 1 is 0.476 bits per heavy atom. The summed E-state index contributed by atoms with van der Waals surface area (Å²) in [6, 6.07) is 9.30. The molecule has 0 saturated carbocycles. The molecule has 2 N–H and O–H groups in total. The number of hydrogen-bond acceptors (Lipinski definition) is 14. The SMILES string of the molecule is C1=C\CCCOCCOCCOCCOCCOCCOCCC/1.CCOC(=O)c1cc(C[NH2+]c2cc(C(=O)OCC)cc(C(=O)OCC)c2)cc(C(=O)OCC)c1.F[B-](F)(F)F. The minimum absolute atomic E-state index is 0.193. The number of halogens is 4. The molecule has 0 amide bonds. The van der Waals surface area contributed by atoms with Crippen LogP contribution >= 0.6 is 0 Å². The van der Waals surface area contributed by atoms with Gasteiger partial charge in [-0.15, -0.1) is 0 Å². The van der Waals surface area contributed by atoms with E-state index in [1.165, 1.54) is 12.1 Å². The molecule has 63 heavy (non-hydrogen) atoms. The van der Waals surface area contributed by atoms with Gasteiger partial charge in [-0.3, -0.25) is 0 Å². The highest BCUT2D eigenvalue weighted by Crippen LogP contribution is 2.16. The van der Waals surface area contributed by atoms with Crippen LogP contribution in [0.1, 0.15) is 100 Å². The van der Waals surface area contributed by atoms with Crippen molar-refractivity contribution in [1.82, 2.24) is 0 Å². The molecule has 0 radical (unpaired) electrons. The Morgan fingerprint density at radius 3 is 1.03 bits per heavy atom. The molecule has 0 spiro atoms. The summed E-state index contributed by atoms with van der Waals surface area (Å²) in [4.78, 5) is 49.1. The second kappa shape index (κ2) is 36.0. The maximum Gasteiger partial charge on any atom is 0.673 e. The van der Waals surface area contributed by atoms with Crippen LogP contribution in [0.4, 0.5) is 23.0 Å². The number of rotatable bonds is 11. The lowest BCUT2D eigenvalue weighted by Crippen LogP contribution is -2.76. The molecule has 0 unspecified atom stereocenters. The number of benzene rings is 2. The number of nitrogens with two attached hydrogens (primary N) is 1. The van der Waals surface area contributed by atoms with Crippen LogP contribution in [-0.4, -0.2) is 137 Å². The zero-order valence-electron chi connectivity index (χ0n) is 36.9. The average Bonchev–Trinajstić information content (AvgIpc) is 3.24. The van der Waals surface area contributed by atoms with Crippen molar-refractivity contribution >= 4 is 36.8 Å². The monoisotopic (exact) mass is 905 g/mol. The van der Waals surface area contributed by atoms with Gasteiger partial charge in [0.2, 0.25) is 0 Å². The molecule has 0 fully saturated rings. The van der Waals surface area contributed by atoms with Crippen LogP contribution in [0.15, 0.2) is 48.6 Å². The topological polar surface area (TPSA) is 177 Å². The Morgan fingerprint density at radius 2 is 0.746 bits per heavy atom. The lowest BCUT2D eigenvalue weighted by Gasteiger charge is -2.10. The number of esters is 4. The molecule has 1 heterocycles. The summed E-state index contributed by atoms with van der Waals surface area (Å²) in [5, 5.41) is 1.77. The predicted octanol–water partition coefficient (Wildman–Crippen LogP) is 6.30. The molecule has 1 aliphatic heterocycles. The third-order valence-electron chi connectivity index (χ3n) is 7.91. The van der Waals surface area contributed by atoms with Gasteiger partial charge in [0.25, 0.3) is 0 Å².